The number of hydrogen-bond donors (Lipinski definition) is 0. The Morgan fingerprint density at radius 2 is 0.388 bits per heavy atom. The summed E-state index contributed by atoms with van der Waals surface area (Å²) in [7, 11) is 0. The second-order valence-corrected chi connectivity index (χ2v) is 39.6. The van der Waals surface area contributed by atoms with Crippen LogP contribution in [0.2, 0.25) is 0 Å². The third kappa shape index (κ3) is 15.8. The highest BCUT2D eigenvalue weighted by molar-refractivity contribution is 5.99. The van der Waals surface area contributed by atoms with Crippen LogP contribution < -0.4 is 19.6 Å². The molecule has 0 radical (unpaired) electrons. The Morgan fingerprint density at radius 3 is 0.597 bits per heavy atom. The van der Waals surface area contributed by atoms with Gasteiger partial charge in [0, 0.05) is 71.2 Å². The fourth-order valence-corrected chi connectivity index (χ4v) is 23.4. The maximum absolute atomic E-state index is 2.64. The van der Waals surface area contributed by atoms with Gasteiger partial charge >= 0.3 is 0 Å². The zero-order chi connectivity index (χ0) is 91.3. The average Bonchev–Trinajstić information content (AvgIpc) is 1.52. The minimum Gasteiger partial charge on any atom is -0.310 e. The summed E-state index contributed by atoms with van der Waals surface area (Å²) in [6, 6.07) is 129. The summed E-state index contributed by atoms with van der Waals surface area (Å²) in [4.78, 5) is 10.2. The molecule has 0 fully saturated rings. The van der Waals surface area contributed by atoms with Crippen molar-refractivity contribution >= 4 is 68.2 Å². The molecule has 0 aromatic heterocycles. The van der Waals surface area contributed by atoms with Crippen LogP contribution in [0.4, 0.5) is 68.2 Å². The van der Waals surface area contributed by atoms with E-state index < -0.39 is 10.8 Å². The average molecular weight is 1750 g/mol. The minimum absolute atomic E-state index is 0.576. The van der Waals surface area contributed by atoms with Crippen molar-refractivity contribution in [3.8, 4) is 22.3 Å². The predicted molar refractivity (Wildman–Crippen MR) is 568 cm³/mol. The fourth-order valence-electron chi connectivity index (χ4n) is 23.4. The van der Waals surface area contributed by atoms with Crippen molar-refractivity contribution in [2.75, 3.05) is 19.6 Å². The summed E-state index contributed by atoms with van der Waals surface area (Å²) in [5.74, 6) is 0. The van der Waals surface area contributed by atoms with E-state index in [1.54, 1.807) is 0 Å². The molecular formula is C130H128N4. The van der Waals surface area contributed by atoms with E-state index in [9.17, 15) is 0 Å². The van der Waals surface area contributed by atoms with Crippen LogP contribution in [0.5, 0.6) is 0 Å². The smallest absolute Gasteiger partial charge is 0.0715 e. The number of hydrogen-bond acceptors (Lipinski definition) is 4. The van der Waals surface area contributed by atoms with Gasteiger partial charge in [0.05, 0.1) is 33.6 Å². The van der Waals surface area contributed by atoms with Crippen LogP contribution in [0.25, 0.3) is 22.3 Å². The molecule has 22 rings (SSSR count). The zero-order valence-electron chi connectivity index (χ0n) is 80.5. The first-order valence-corrected chi connectivity index (χ1v) is 50.7. The van der Waals surface area contributed by atoms with Crippen LogP contribution >= 0.6 is 0 Å². The van der Waals surface area contributed by atoms with Gasteiger partial charge in [-0.3, -0.25) is 0 Å². The Balaban J connectivity index is 0.000000162. The van der Waals surface area contributed by atoms with Crippen molar-refractivity contribution in [1.82, 2.24) is 0 Å². The third-order valence-corrected chi connectivity index (χ3v) is 30.3. The lowest BCUT2D eigenvalue weighted by atomic mass is 9.67. The topological polar surface area (TPSA) is 13.0 Å². The molecule has 16 aromatic rings. The Morgan fingerprint density at radius 1 is 0.194 bits per heavy atom. The Kier molecular flexibility index (Phi) is 24.3. The molecule has 0 N–H and O–H groups in total. The quantitative estimate of drug-likeness (QED) is 0.0536. The maximum Gasteiger partial charge on any atom is 0.0715 e. The summed E-state index contributed by atoms with van der Waals surface area (Å²) >= 11 is 0. The van der Waals surface area contributed by atoms with Crippen LogP contribution in [-0.4, -0.2) is 0 Å². The molecule has 0 saturated heterocycles. The van der Waals surface area contributed by atoms with E-state index in [4.69, 9.17) is 0 Å². The first-order chi connectivity index (χ1) is 65.7. The summed E-state index contributed by atoms with van der Waals surface area (Å²) < 4.78 is 0. The van der Waals surface area contributed by atoms with E-state index in [-0.39, 0.29) is 0 Å². The van der Waals surface area contributed by atoms with Gasteiger partial charge in [-0.15, -0.1) is 0 Å². The van der Waals surface area contributed by atoms with Crippen molar-refractivity contribution in [3.05, 3.63) is 472 Å². The molecule has 16 aromatic carbocycles. The van der Waals surface area contributed by atoms with Gasteiger partial charge in [-0.1, -0.05) is 309 Å². The molecule has 134 heavy (non-hydrogen) atoms. The van der Waals surface area contributed by atoms with Gasteiger partial charge in [-0.25, -0.2) is 0 Å². The largest absolute Gasteiger partial charge is 0.310 e. The lowest BCUT2D eigenvalue weighted by Gasteiger charge is -2.38. The summed E-state index contributed by atoms with van der Waals surface area (Å²) in [5, 5.41) is 0. The normalized spacial score (nSPS) is 13.9. The number of unbranched alkanes of at least 4 members (excludes halogenated alkanes) is 6. The van der Waals surface area contributed by atoms with Crippen LogP contribution in [0.3, 0.4) is 0 Å². The van der Waals surface area contributed by atoms with Crippen LogP contribution in [0.1, 0.15) is 263 Å². The summed E-state index contributed by atoms with van der Waals surface area (Å²) in [6.45, 7) is 22.7. The Hall–Kier alpha value is -13.3. The number of aryl methyl sites for hydroxylation is 10. The van der Waals surface area contributed by atoms with Crippen molar-refractivity contribution in [3.63, 3.8) is 0 Å². The third-order valence-electron chi connectivity index (χ3n) is 30.3. The standard InChI is InChI=1S/C69H72N2.C61H56N2/c1-7-11-15-49-21-29-57(30-22-49)69(58-31-23-50(24-32-58)16-12-8-2)63-45-67-55(41-53-39-47(5)19-37-65(53)70(67)59-33-25-51(26-34-59)17-13-9-3)43-61(63)62-44-56-42-54-40-48(6)20-38-66(54)71(68(56)46-64(62)69)60-35-27-52(28-36-60)18-14-10-4;1-5-7-15-43-23-27-49(28-24-43)61(50-29-25-44(26-30-50)16-8-6-2)55-39-59-47(35-45-33-41(3)21-31-57(45)62(59)51-17-11-9-12-18-51)37-53(55)54-38-48-36-46-34-42(4)22-32-58(46)63(60(48)40-56(54)61)52-19-13-10-14-20-52/h19-40,43-46H,7-18,41-42H2,1-6H3;9-14,17-34,37-40H,5-8,15-16,35-36H2,1-4H3. The fraction of sp³-hybridized carbons (Fsp3) is 0.262. The van der Waals surface area contributed by atoms with Crippen molar-refractivity contribution in [1.29, 1.82) is 0 Å². The number of nitrogens with zero attached hydrogens (tertiary/aromatic N) is 4. The molecule has 0 spiro atoms. The van der Waals surface area contributed by atoms with Crippen molar-refractivity contribution in [2.45, 2.75) is 221 Å². The Labute approximate surface area is 798 Å². The summed E-state index contributed by atoms with van der Waals surface area (Å²) in [5.41, 5.74) is 54.7. The molecule has 4 heteroatoms. The Bertz CT molecular complexity index is 6590. The van der Waals surface area contributed by atoms with Gasteiger partial charge in [-0.2, -0.15) is 0 Å². The van der Waals surface area contributed by atoms with Crippen molar-refractivity contribution < 1.29 is 0 Å². The van der Waals surface area contributed by atoms with Gasteiger partial charge in [0.15, 0.2) is 0 Å². The molecule has 0 saturated carbocycles. The molecule has 2 aliphatic carbocycles. The number of anilines is 12. The van der Waals surface area contributed by atoms with Gasteiger partial charge < -0.3 is 19.6 Å². The molecule has 0 amide bonds. The van der Waals surface area contributed by atoms with E-state index in [2.05, 4.69) is 416 Å². The zero-order valence-corrected chi connectivity index (χ0v) is 80.5. The highest BCUT2D eigenvalue weighted by Crippen LogP contribution is 2.65. The number of benzene rings is 16. The highest BCUT2D eigenvalue weighted by Gasteiger charge is 2.51. The van der Waals surface area contributed by atoms with Gasteiger partial charge in [0.25, 0.3) is 0 Å². The molecule has 4 aliphatic heterocycles. The number of rotatable bonds is 26. The van der Waals surface area contributed by atoms with Gasteiger partial charge in [0.2, 0.25) is 0 Å². The molecular weight excluding hydrogens is 1620 g/mol. The molecule has 0 unspecified atom stereocenters. The SMILES string of the molecule is CCCCc1ccc(C2(c3ccc(CCCC)cc3)c3cc4c(cc3-c3cc5c(cc32)N(c2ccccc2)c2ccc(C)cc2C5)Cc2cc(C)ccc2N4c2ccccc2)cc1.CCCCc1ccc(N2c3ccc(C)cc3Cc3cc4c(cc32)C(c2ccc(CCCC)cc2)(c2ccc(CCCC)cc2)c2cc3c(cc2-4)Cc2cc(C)ccc2N3c2ccc(CCCC)cc2)cc1. The van der Waals surface area contributed by atoms with E-state index in [0.29, 0.717) is 0 Å². The maximum atomic E-state index is 2.64. The second-order valence-electron chi connectivity index (χ2n) is 39.6. The van der Waals surface area contributed by atoms with E-state index >= 15 is 0 Å². The lowest BCUT2D eigenvalue weighted by Crippen LogP contribution is -2.30. The highest BCUT2D eigenvalue weighted by atomic mass is 15.2. The monoisotopic (exact) mass is 1750 g/mol. The molecule has 0 atom stereocenters. The van der Waals surface area contributed by atoms with E-state index in [1.807, 2.05) is 0 Å². The summed E-state index contributed by atoms with van der Waals surface area (Å²) in [6.07, 6.45) is 24.5. The van der Waals surface area contributed by atoms with Crippen LogP contribution in [0.15, 0.2) is 328 Å². The van der Waals surface area contributed by atoms with Gasteiger partial charge in [0.1, 0.15) is 0 Å². The molecule has 4 nitrogen and oxygen atoms in total. The van der Waals surface area contributed by atoms with E-state index in [1.165, 1.54) is 312 Å². The predicted octanol–water partition coefficient (Wildman–Crippen LogP) is 34.9. The molecule has 668 valence electrons. The van der Waals surface area contributed by atoms with Crippen molar-refractivity contribution in [2.24, 2.45) is 0 Å². The molecule has 6 aliphatic rings. The van der Waals surface area contributed by atoms with E-state index in [0.717, 1.165) is 64.2 Å². The van der Waals surface area contributed by atoms with Gasteiger partial charge in [-0.05, 0) is 371 Å². The van der Waals surface area contributed by atoms with Crippen LogP contribution in [0, 0.1) is 27.7 Å². The number of para-hydroxylation sites is 2. The first kappa shape index (κ1) is 87.4. The number of fused-ring (bicyclic) bond motifs is 14. The minimum atomic E-state index is -0.590. The lowest BCUT2D eigenvalue weighted by molar-refractivity contribution is 0.758. The second kappa shape index (κ2) is 37.3. The molecule has 4 heterocycles. The van der Waals surface area contributed by atoms with Crippen LogP contribution in [-0.2, 0) is 75.0 Å². The first-order valence-electron chi connectivity index (χ1n) is 50.7. The molecule has 0 bridgehead atoms.